The molecule has 2 bridgehead atoms. The second-order valence-corrected chi connectivity index (χ2v) is 19.9. The van der Waals surface area contributed by atoms with Crippen molar-refractivity contribution in [1.29, 1.82) is 0 Å². The number of aliphatic hydroxyl groups excluding tert-OH is 2. The Balaban J connectivity index is 1.55. The molecular formula is C46H55Cl2NO16. The van der Waals surface area contributed by atoms with Crippen molar-refractivity contribution in [2.45, 2.75) is 133 Å². The molecule has 1 heterocycles. The van der Waals surface area contributed by atoms with Gasteiger partial charge >= 0.3 is 30.2 Å². The molecule has 65 heavy (non-hydrogen) atoms. The summed E-state index contributed by atoms with van der Waals surface area (Å²) in [4.78, 5) is 82.8. The molecule has 1 amide bonds. The van der Waals surface area contributed by atoms with Crippen LogP contribution in [0.3, 0.4) is 0 Å². The second-order valence-electron chi connectivity index (χ2n) is 18.6. The molecule has 2 saturated carbocycles. The minimum absolute atomic E-state index is 0.0300. The van der Waals surface area contributed by atoms with Crippen LogP contribution in [0.25, 0.3) is 0 Å². The molecule has 3 aliphatic carbocycles. The van der Waals surface area contributed by atoms with Gasteiger partial charge in [-0.15, -0.1) is 23.2 Å². The molecule has 2 aromatic carbocycles. The lowest BCUT2D eigenvalue weighted by Crippen LogP contribution is -2.82. The number of hydrogen-bond acceptors (Lipinski definition) is 16. The predicted octanol–water partition coefficient (Wildman–Crippen LogP) is 5.22. The van der Waals surface area contributed by atoms with Crippen LogP contribution in [0.15, 0.2) is 71.8 Å². The van der Waals surface area contributed by atoms with Crippen LogP contribution in [0.4, 0.5) is 9.59 Å². The first-order chi connectivity index (χ1) is 30.3. The quantitative estimate of drug-likeness (QED) is 0.0977. The van der Waals surface area contributed by atoms with Crippen molar-refractivity contribution in [1.82, 2.24) is 5.32 Å². The standard InChI is InChI=1S/C46H55Cl2NO16/c1-23-27(61-39(55)33(52)32(25-15-11-9-12-16-25)49-40(56)65-42(3,4)5)20-46(58)37(63-38(54)26-17-13-10-14-18-26)35-44(8,28(51)19-29-45(35,22-60-29)64-24(2)50)36(53)34(31(23)43(46,6)7)62-41(57)59-21-30(47)48/h9-18,27-30,32-35,37,51-52,58H,19-22H2,1-8H3,(H,49,56)/t27-,28-,29+,32-,33?,34+,35?,37-,44+,45-,46+/m0/s1. The van der Waals surface area contributed by atoms with Crippen molar-refractivity contribution in [3.8, 4) is 0 Å². The fraction of sp³-hybridized carbons (Fsp3) is 0.565. The number of rotatable bonds is 11. The molecule has 2 aromatic rings. The molecule has 1 aliphatic heterocycles. The fourth-order valence-corrected chi connectivity index (χ4v) is 10.0. The van der Waals surface area contributed by atoms with E-state index in [4.69, 9.17) is 56.4 Å². The Bertz CT molecular complexity index is 2200. The molecule has 2 unspecified atom stereocenters. The zero-order valence-electron chi connectivity index (χ0n) is 37.2. The highest BCUT2D eigenvalue weighted by atomic mass is 35.5. The number of Topliss-reactive ketones (excluding diaryl/α,β-unsaturated/α-hetero) is 1. The number of carbonyl (C=O) groups is 6. The van der Waals surface area contributed by atoms with Crippen LogP contribution in [0.5, 0.6) is 0 Å². The van der Waals surface area contributed by atoms with E-state index in [1.165, 1.54) is 39.8 Å². The minimum atomic E-state index is -2.49. The third-order valence-corrected chi connectivity index (χ3v) is 13.3. The van der Waals surface area contributed by atoms with Gasteiger partial charge in [-0.2, -0.15) is 0 Å². The Kier molecular flexibility index (Phi) is 14.1. The summed E-state index contributed by atoms with van der Waals surface area (Å²) in [5, 5.41) is 40.2. The molecule has 3 fully saturated rings. The van der Waals surface area contributed by atoms with E-state index in [-0.39, 0.29) is 35.3 Å². The molecule has 4 N–H and O–H groups in total. The number of alkyl carbamates (subject to hydrolysis) is 1. The van der Waals surface area contributed by atoms with E-state index >= 15 is 4.79 Å². The molecular weight excluding hydrogens is 893 g/mol. The lowest BCUT2D eigenvalue weighted by Gasteiger charge is -2.67. The van der Waals surface area contributed by atoms with Gasteiger partial charge in [-0.25, -0.2) is 19.2 Å². The lowest BCUT2D eigenvalue weighted by molar-refractivity contribution is -0.346. The average Bonchev–Trinajstić information content (AvgIpc) is 3.22. The van der Waals surface area contributed by atoms with Gasteiger partial charge in [0.05, 0.1) is 35.6 Å². The lowest BCUT2D eigenvalue weighted by atomic mass is 9.44. The van der Waals surface area contributed by atoms with Crippen LogP contribution >= 0.6 is 23.2 Å². The van der Waals surface area contributed by atoms with Crippen LogP contribution in [0.1, 0.15) is 90.2 Å². The normalized spacial score (nSPS) is 31.3. The molecule has 11 atom stereocenters. The Morgan fingerprint density at radius 1 is 0.954 bits per heavy atom. The molecule has 1 saturated heterocycles. The maximum Gasteiger partial charge on any atom is 0.509 e. The van der Waals surface area contributed by atoms with Gasteiger partial charge in [-0.3, -0.25) is 9.59 Å². The van der Waals surface area contributed by atoms with E-state index < -0.39 is 130 Å². The molecule has 354 valence electrons. The van der Waals surface area contributed by atoms with Crippen molar-refractivity contribution in [3.63, 3.8) is 0 Å². The zero-order chi connectivity index (χ0) is 48.0. The number of halogens is 2. The number of alkyl halides is 2. The highest BCUT2D eigenvalue weighted by Gasteiger charge is 2.78. The van der Waals surface area contributed by atoms with E-state index in [1.54, 1.807) is 69.3 Å². The summed E-state index contributed by atoms with van der Waals surface area (Å²) in [6, 6.07) is 14.3. The van der Waals surface area contributed by atoms with Gasteiger partial charge < -0.3 is 53.8 Å². The van der Waals surface area contributed by atoms with Crippen LogP contribution in [0, 0.1) is 16.7 Å². The molecule has 17 nitrogen and oxygen atoms in total. The first-order valence-corrected chi connectivity index (χ1v) is 21.9. The highest BCUT2D eigenvalue weighted by molar-refractivity contribution is 6.44. The predicted molar refractivity (Wildman–Crippen MR) is 229 cm³/mol. The molecule has 6 rings (SSSR count). The summed E-state index contributed by atoms with van der Waals surface area (Å²) in [6.07, 6.45) is -13.7. The summed E-state index contributed by atoms with van der Waals surface area (Å²) >= 11 is 11.7. The topological polar surface area (TPSA) is 240 Å². The van der Waals surface area contributed by atoms with Gasteiger partial charge in [0.25, 0.3) is 0 Å². The van der Waals surface area contributed by atoms with Gasteiger partial charge in [0, 0.05) is 25.2 Å². The van der Waals surface area contributed by atoms with E-state index in [0.717, 1.165) is 6.92 Å². The van der Waals surface area contributed by atoms with Gasteiger partial charge in [0.1, 0.15) is 41.0 Å². The summed E-state index contributed by atoms with van der Waals surface area (Å²) in [6.45, 7) is 10.9. The molecule has 0 spiro atoms. The van der Waals surface area contributed by atoms with E-state index in [9.17, 15) is 39.3 Å². The van der Waals surface area contributed by atoms with Crippen LogP contribution in [0.2, 0.25) is 0 Å². The van der Waals surface area contributed by atoms with Gasteiger partial charge in [0.2, 0.25) is 0 Å². The number of ether oxygens (including phenoxy) is 7. The largest absolute Gasteiger partial charge is 0.509 e. The van der Waals surface area contributed by atoms with Crippen LogP contribution in [-0.4, -0.2) is 123 Å². The molecule has 0 aromatic heterocycles. The van der Waals surface area contributed by atoms with Crippen molar-refractivity contribution in [3.05, 3.63) is 82.9 Å². The number of fused-ring (bicyclic) bond motifs is 5. The maximum absolute atomic E-state index is 15.7. The smallest absolute Gasteiger partial charge is 0.456 e. The first-order valence-electron chi connectivity index (χ1n) is 21.1. The number of carbonyl (C=O) groups excluding carboxylic acids is 6. The highest BCUT2D eigenvalue weighted by Crippen LogP contribution is 2.64. The van der Waals surface area contributed by atoms with Crippen molar-refractivity contribution in [2.24, 2.45) is 16.7 Å². The van der Waals surface area contributed by atoms with Gasteiger partial charge in [-0.05, 0) is 63.5 Å². The van der Waals surface area contributed by atoms with Crippen LogP contribution in [-0.2, 0) is 47.5 Å². The SMILES string of the molecule is CC(=O)O[C@@]12CO[C@@H]1C[C@H](O)[C@@]1(C)C(=O)[C@H](OC(=O)OCC(Cl)Cl)C3=C(C)[C@@H](OC(=O)C(O)[C@@H](NC(=O)OC(C)(C)C)c4ccccc4)C[C@@](O)([C@@H](OC(=O)c4ccccc4)C12)C3(C)C. The summed E-state index contributed by atoms with van der Waals surface area (Å²) < 4.78 is 40.8. The summed E-state index contributed by atoms with van der Waals surface area (Å²) in [7, 11) is 0. The van der Waals surface area contributed by atoms with E-state index in [2.05, 4.69) is 5.32 Å². The fourth-order valence-electron chi connectivity index (χ4n) is 9.90. The molecule has 4 aliphatic rings. The Labute approximate surface area is 385 Å². The first kappa shape index (κ1) is 49.6. The third-order valence-electron chi connectivity index (χ3n) is 13.1. The number of amides is 1. The third kappa shape index (κ3) is 9.32. The van der Waals surface area contributed by atoms with E-state index in [0.29, 0.717) is 0 Å². The maximum atomic E-state index is 15.7. The van der Waals surface area contributed by atoms with Crippen molar-refractivity contribution >= 4 is 59.1 Å². The van der Waals surface area contributed by atoms with E-state index in [1.807, 2.05) is 0 Å². The number of benzene rings is 2. The number of hydrogen-bond donors (Lipinski definition) is 4. The zero-order valence-corrected chi connectivity index (χ0v) is 38.7. The number of aliphatic hydroxyl groups is 3. The Morgan fingerprint density at radius 3 is 2.12 bits per heavy atom. The minimum Gasteiger partial charge on any atom is -0.456 e. The van der Waals surface area contributed by atoms with Crippen molar-refractivity contribution in [2.75, 3.05) is 13.2 Å². The Hall–Kier alpha value is -4.78. The molecule has 0 radical (unpaired) electrons. The number of esters is 3. The number of nitrogens with one attached hydrogen (secondary N) is 1. The van der Waals surface area contributed by atoms with Crippen LogP contribution < -0.4 is 5.32 Å². The number of ketones is 1. The molecule has 19 heteroatoms. The average molecular weight is 949 g/mol. The summed E-state index contributed by atoms with van der Waals surface area (Å²) in [5.74, 6) is -5.75. The second kappa shape index (κ2) is 18.5. The Morgan fingerprint density at radius 2 is 1.57 bits per heavy atom. The van der Waals surface area contributed by atoms with Gasteiger partial charge in [0.15, 0.2) is 23.6 Å². The summed E-state index contributed by atoms with van der Waals surface area (Å²) in [5.41, 5.74) is -9.01. The monoisotopic (exact) mass is 947 g/mol. The van der Waals surface area contributed by atoms with Crippen molar-refractivity contribution < 1.29 is 77.2 Å². The van der Waals surface area contributed by atoms with Gasteiger partial charge in [-0.1, -0.05) is 62.4 Å².